The Kier molecular flexibility index (Phi) is 4.20. The van der Waals surface area contributed by atoms with Crippen LogP contribution in [-0.4, -0.2) is 26.4 Å². The van der Waals surface area contributed by atoms with E-state index in [2.05, 4.69) is 5.32 Å². The molecule has 1 saturated heterocycles. The molecule has 94 valence electrons. The molecule has 1 aromatic rings. The summed E-state index contributed by atoms with van der Waals surface area (Å²) >= 11 is 0. The molecule has 4 heteroatoms. The monoisotopic (exact) mass is 239 g/mol. The number of ether oxygens (including phenoxy) is 2. The summed E-state index contributed by atoms with van der Waals surface area (Å²) in [5.74, 6) is -0.0655. The molecule has 3 nitrogen and oxygen atoms in total. The van der Waals surface area contributed by atoms with Crippen LogP contribution >= 0.6 is 0 Å². The molecule has 0 spiro atoms. The van der Waals surface area contributed by atoms with Crippen LogP contribution in [0.2, 0.25) is 0 Å². The molecule has 1 atom stereocenters. The minimum Gasteiger partial charge on any atom is -0.494 e. The average Bonchev–Trinajstić information content (AvgIpc) is 2.84. The normalized spacial score (nSPS) is 19.3. The maximum Gasteiger partial charge on any atom is 0.165 e. The third kappa shape index (κ3) is 3.33. The molecule has 1 aromatic carbocycles. The molecule has 1 N–H and O–H groups in total. The molecule has 17 heavy (non-hydrogen) atoms. The van der Waals surface area contributed by atoms with Crippen LogP contribution in [0.3, 0.4) is 0 Å². The summed E-state index contributed by atoms with van der Waals surface area (Å²) in [6, 6.07) is 4.80. The van der Waals surface area contributed by atoms with E-state index in [0.29, 0.717) is 6.10 Å². The first-order valence-electron chi connectivity index (χ1n) is 5.98. The summed E-state index contributed by atoms with van der Waals surface area (Å²) in [7, 11) is 1.47. The molecule has 1 aliphatic heterocycles. The van der Waals surface area contributed by atoms with Gasteiger partial charge in [-0.15, -0.1) is 0 Å². The van der Waals surface area contributed by atoms with Crippen molar-refractivity contribution < 1.29 is 13.9 Å². The van der Waals surface area contributed by atoms with Crippen LogP contribution in [0, 0.1) is 5.82 Å². The number of rotatable bonds is 5. The highest BCUT2D eigenvalue weighted by Crippen LogP contribution is 2.22. The molecule has 0 saturated carbocycles. The second-order valence-electron chi connectivity index (χ2n) is 4.20. The van der Waals surface area contributed by atoms with Crippen molar-refractivity contribution >= 4 is 5.69 Å². The maximum atomic E-state index is 13.2. The fourth-order valence-electron chi connectivity index (χ4n) is 2.02. The van der Waals surface area contributed by atoms with E-state index in [9.17, 15) is 4.39 Å². The topological polar surface area (TPSA) is 30.5 Å². The number of methoxy groups -OCH3 is 1. The van der Waals surface area contributed by atoms with Crippen molar-refractivity contribution in [3.05, 3.63) is 24.0 Å². The van der Waals surface area contributed by atoms with Gasteiger partial charge >= 0.3 is 0 Å². The smallest absolute Gasteiger partial charge is 0.165 e. The highest BCUT2D eigenvalue weighted by Gasteiger charge is 2.14. The number of nitrogens with one attached hydrogen (secondary N) is 1. The van der Waals surface area contributed by atoms with E-state index in [1.807, 2.05) is 0 Å². The molecule has 0 radical (unpaired) electrons. The number of hydrogen-bond donors (Lipinski definition) is 1. The third-order valence-corrected chi connectivity index (χ3v) is 2.97. The van der Waals surface area contributed by atoms with Gasteiger partial charge in [0, 0.05) is 24.9 Å². The number of halogens is 1. The molecule has 2 rings (SSSR count). The highest BCUT2D eigenvalue weighted by atomic mass is 19.1. The van der Waals surface area contributed by atoms with Crippen LogP contribution in [-0.2, 0) is 4.74 Å². The zero-order chi connectivity index (χ0) is 12.1. The quantitative estimate of drug-likeness (QED) is 0.857. The molecule has 1 aliphatic rings. The Morgan fingerprint density at radius 1 is 1.53 bits per heavy atom. The Morgan fingerprint density at radius 2 is 2.41 bits per heavy atom. The minimum absolute atomic E-state index is 0.270. The maximum absolute atomic E-state index is 13.2. The van der Waals surface area contributed by atoms with Gasteiger partial charge in [0.25, 0.3) is 0 Å². The van der Waals surface area contributed by atoms with Crippen LogP contribution in [0.4, 0.5) is 10.1 Å². The first-order valence-corrected chi connectivity index (χ1v) is 5.98. The van der Waals surface area contributed by atoms with Crippen LogP contribution in [0.1, 0.15) is 19.3 Å². The lowest BCUT2D eigenvalue weighted by molar-refractivity contribution is 0.107. The average molecular weight is 239 g/mol. The Labute approximate surface area is 101 Å². The Morgan fingerprint density at radius 3 is 3.12 bits per heavy atom. The van der Waals surface area contributed by atoms with Crippen molar-refractivity contribution in [2.75, 3.05) is 25.6 Å². The summed E-state index contributed by atoms with van der Waals surface area (Å²) in [6.45, 7) is 1.72. The molecule has 1 unspecified atom stereocenters. The Balaban J connectivity index is 1.81. The van der Waals surface area contributed by atoms with E-state index in [1.165, 1.54) is 13.2 Å². The van der Waals surface area contributed by atoms with Gasteiger partial charge in [0.2, 0.25) is 0 Å². The summed E-state index contributed by atoms with van der Waals surface area (Å²) < 4.78 is 23.6. The highest BCUT2D eigenvalue weighted by molar-refractivity contribution is 5.48. The Bertz CT molecular complexity index is 364. The first kappa shape index (κ1) is 12.2. The second-order valence-corrected chi connectivity index (χ2v) is 4.20. The summed E-state index contributed by atoms with van der Waals surface area (Å²) in [6.07, 6.45) is 3.67. The zero-order valence-corrected chi connectivity index (χ0v) is 10.0. The van der Waals surface area contributed by atoms with Crippen molar-refractivity contribution in [2.24, 2.45) is 0 Å². The van der Waals surface area contributed by atoms with E-state index in [4.69, 9.17) is 9.47 Å². The number of anilines is 1. The SMILES string of the molecule is COc1cc(NCCC2CCCO2)ccc1F. The van der Waals surface area contributed by atoms with Crippen molar-refractivity contribution in [1.82, 2.24) is 0 Å². The van der Waals surface area contributed by atoms with Gasteiger partial charge in [-0.2, -0.15) is 0 Å². The predicted octanol–water partition coefficient (Wildman–Crippen LogP) is 2.82. The second kappa shape index (κ2) is 5.87. The van der Waals surface area contributed by atoms with Gasteiger partial charge < -0.3 is 14.8 Å². The first-order chi connectivity index (χ1) is 8.29. The van der Waals surface area contributed by atoms with E-state index < -0.39 is 0 Å². The third-order valence-electron chi connectivity index (χ3n) is 2.97. The zero-order valence-electron chi connectivity index (χ0n) is 10.0. The molecule has 0 aromatic heterocycles. The summed E-state index contributed by atoms with van der Waals surface area (Å²) in [5, 5.41) is 3.25. The van der Waals surface area contributed by atoms with E-state index >= 15 is 0 Å². The van der Waals surface area contributed by atoms with Crippen LogP contribution in [0.15, 0.2) is 18.2 Å². The lowest BCUT2D eigenvalue weighted by Crippen LogP contribution is -2.12. The van der Waals surface area contributed by atoms with Crippen molar-refractivity contribution in [1.29, 1.82) is 0 Å². The van der Waals surface area contributed by atoms with Gasteiger partial charge in [0.05, 0.1) is 13.2 Å². The Hall–Kier alpha value is -1.29. The van der Waals surface area contributed by atoms with Gasteiger partial charge in [-0.05, 0) is 31.4 Å². The lowest BCUT2D eigenvalue weighted by atomic mass is 10.2. The lowest BCUT2D eigenvalue weighted by Gasteiger charge is -2.11. The standard InChI is InChI=1S/C13H18FNO2/c1-16-13-9-10(4-5-12(13)14)15-7-6-11-3-2-8-17-11/h4-5,9,11,15H,2-3,6-8H2,1H3. The van der Waals surface area contributed by atoms with Gasteiger partial charge in [0.15, 0.2) is 11.6 Å². The molecule has 1 fully saturated rings. The largest absolute Gasteiger partial charge is 0.494 e. The molecule has 1 heterocycles. The fourth-order valence-corrected chi connectivity index (χ4v) is 2.02. The van der Waals surface area contributed by atoms with Crippen LogP contribution in [0.5, 0.6) is 5.75 Å². The molecule has 0 bridgehead atoms. The van der Waals surface area contributed by atoms with E-state index in [1.54, 1.807) is 12.1 Å². The van der Waals surface area contributed by atoms with Crippen LogP contribution in [0.25, 0.3) is 0 Å². The van der Waals surface area contributed by atoms with Gasteiger partial charge in [-0.3, -0.25) is 0 Å². The van der Waals surface area contributed by atoms with Crippen molar-refractivity contribution in [3.8, 4) is 5.75 Å². The summed E-state index contributed by atoms with van der Waals surface area (Å²) in [4.78, 5) is 0. The summed E-state index contributed by atoms with van der Waals surface area (Å²) in [5.41, 5.74) is 0.876. The van der Waals surface area contributed by atoms with Crippen molar-refractivity contribution in [2.45, 2.75) is 25.4 Å². The molecule has 0 aliphatic carbocycles. The van der Waals surface area contributed by atoms with E-state index in [-0.39, 0.29) is 11.6 Å². The van der Waals surface area contributed by atoms with Gasteiger partial charge in [-0.25, -0.2) is 4.39 Å². The predicted molar refractivity (Wildman–Crippen MR) is 65.0 cm³/mol. The number of hydrogen-bond acceptors (Lipinski definition) is 3. The van der Waals surface area contributed by atoms with Crippen LogP contribution < -0.4 is 10.1 Å². The minimum atomic E-state index is -0.336. The van der Waals surface area contributed by atoms with E-state index in [0.717, 1.165) is 38.1 Å². The molecular formula is C13H18FNO2. The van der Waals surface area contributed by atoms with Crippen molar-refractivity contribution in [3.63, 3.8) is 0 Å². The van der Waals surface area contributed by atoms with Gasteiger partial charge in [-0.1, -0.05) is 0 Å². The molecular weight excluding hydrogens is 221 g/mol. The fraction of sp³-hybridized carbons (Fsp3) is 0.538. The molecule has 0 amide bonds. The van der Waals surface area contributed by atoms with Gasteiger partial charge in [0.1, 0.15) is 0 Å². The number of benzene rings is 1.